The topological polar surface area (TPSA) is 29.5 Å². The summed E-state index contributed by atoms with van der Waals surface area (Å²) in [5, 5.41) is 0. The maximum Gasteiger partial charge on any atom is 0.306 e. The number of hydrogen-bond donors (Lipinski definition) is 0. The molecule has 0 aromatic carbocycles. The highest BCUT2D eigenvalue weighted by Gasteiger charge is 2.14. The molecule has 0 atom stereocenters. The Hall–Kier alpha value is -0.570. The highest BCUT2D eigenvalue weighted by atomic mass is 16.5. The molecule has 0 aromatic heterocycles. The van der Waals surface area contributed by atoms with Crippen LogP contribution in [0.15, 0.2) is 0 Å². The molecule has 0 unspecified atom stereocenters. The average Bonchev–Trinajstić information content (AvgIpc) is 1.84. The van der Waals surface area contributed by atoms with Crippen molar-refractivity contribution in [2.75, 3.05) is 26.7 Å². The van der Waals surface area contributed by atoms with Gasteiger partial charge in [-0.05, 0) is 19.5 Å². The number of nitrogens with zero attached hydrogens (tertiary/aromatic N) is 1. The molecular formula is C7H13NO2. The van der Waals surface area contributed by atoms with Gasteiger partial charge in [-0.25, -0.2) is 0 Å². The maximum absolute atomic E-state index is 10.6. The minimum Gasteiger partial charge on any atom is -0.469 e. The molecular weight excluding hydrogens is 130 g/mol. The molecule has 1 fully saturated rings. The summed E-state index contributed by atoms with van der Waals surface area (Å²) in [5.74, 6) is -0.105. The van der Waals surface area contributed by atoms with Gasteiger partial charge in [-0.15, -0.1) is 0 Å². The number of rotatable bonds is 3. The van der Waals surface area contributed by atoms with Crippen LogP contribution >= 0.6 is 0 Å². The van der Waals surface area contributed by atoms with Crippen LogP contribution in [0.1, 0.15) is 12.8 Å². The van der Waals surface area contributed by atoms with Crippen molar-refractivity contribution in [2.24, 2.45) is 0 Å². The number of carbonyl (C=O) groups is 1. The van der Waals surface area contributed by atoms with Crippen LogP contribution in [0.4, 0.5) is 0 Å². The summed E-state index contributed by atoms with van der Waals surface area (Å²) >= 11 is 0. The van der Waals surface area contributed by atoms with E-state index in [4.69, 9.17) is 0 Å². The number of carbonyl (C=O) groups excluding carboxylic acids is 1. The van der Waals surface area contributed by atoms with E-state index in [0.717, 1.165) is 19.6 Å². The Morgan fingerprint density at radius 1 is 1.60 bits per heavy atom. The SMILES string of the molecule is COC(=O)CCN1CCC1. The predicted octanol–water partition coefficient (Wildman–Crippen LogP) is 0.255. The molecule has 1 saturated heterocycles. The maximum atomic E-state index is 10.6. The Kier molecular flexibility index (Phi) is 2.68. The third-order valence-corrected chi connectivity index (χ3v) is 1.81. The molecule has 0 bridgehead atoms. The lowest BCUT2D eigenvalue weighted by Crippen LogP contribution is -2.38. The van der Waals surface area contributed by atoms with Crippen LogP contribution in [0.2, 0.25) is 0 Å². The largest absolute Gasteiger partial charge is 0.469 e. The molecule has 1 aliphatic heterocycles. The normalized spacial score (nSPS) is 18.1. The fourth-order valence-electron chi connectivity index (χ4n) is 0.957. The zero-order valence-electron chi connectivity index (χ0n) is 6.30. The molecule has 0 amide bonds. The number of methoxy groups -OCH3 is 1. The zero-order chi connectivity index (χ0) is 7.40. The van der Waals surface area contributed by atoms with E-state index in [9.17, 15) is 4.79 Å². The van der Waals surface area contributed by atoms with Crippen molar-refractivity contribution in [3.05, 3.63) is 0 Å². The second kappa shape index (κ2) is 3.56. The number of hydrogen-bond acceptors (Lipinski definition) is 3. The fraction of sp³-hybridized carbons (Fsp3) is 0.857. The average molecular weight is 143 g/mol. The van der Waals surface area contributed by atoms with Crippen molar-refractivity contribution in [1.29, 1.82) is 0 Å². The van der Waals surface area contributed by atoms with Crippen molar-refractivity contribution in [3.63, 3.8) is 0 Å². The first kappa shape index (κ1) is 7.54. The van der Waals surface area contributed by atoms with Gasteiger partial charge in [0, 0.05) is 6.54 Å². The summed E-state index contributed by atoms with van der Waals surface area (Å²) in [4.78, 5) is 12.9. The number of ether oxygens (including phenoxy) is 1. The van der Waals surface area contributed by atoms with Gasteiger partial charge in [0.2, 0.25) is 0 Å². The van der Waals surface area contributed by atoms with E-state index in [-0.39, 0.29) is 5.97 Å². The van der Waals surface area contributed by atoms with Crippen LogP contribution in [0.25, 0.3) is 0 Å². The van der Waals surface area contributed by atoms with Gasteiger partial charge in [-0.3, -0.25) is 4.79 Å². The van der Waals surface area contributed by atoms with E-state index >= 15 is 0 Å². The molecule has 0 N–H and O–H groups in total. The Balaban J connectivity index is 1.98. The van der Waals surface area contributed by atoms with Crippen LogP contribution in [0, 0.1) is 0 Å². The number of esters is 1. The first-order valence-electron chi connectivity index (χ1n) is 3.62. The third kappa shape index (κ3) is 1.99. The molecule has 1 rings (SSSR count). The quantitative estimate of drug-likeness (QED) is 0.530. The minimum absolute atomic E-state index is 0.105. The van der Waals surface area contributed by atoms with Crippen molar-refractivity contribution in [2.45, 2.75) is 12.8 Å². The molecule has 0 radical (unpaired) electrons. The Morgan fingerprint density at radius 2 is 2.30 bits per heavy atom. The van der Waals surface area contributed by atoms with E-state index in [1.54, 1.807) is 0 Å². The molecule has 0 aromatic rings. The summed E-state index contributed by atoms with van der Waals surface area (Å²) in [6, 6.07) is 0. The van der Waals surface area contributed by atoms with Gasteiger partial charge in [-0.2, -0.15) is 0 Å². The molecule has 3 heteroatoms. The van der Waals surface area contributed by atoms with Gasteiger partial charge in [0.1, 0.15) is 0 Å². The van der Waals surface area contributed by atoms with E-state index < -0.39 is 0 Å². The fourth-order valence-corrected chi connectivity index (χ4v) is 0.957. The van der Waals surface area contributed by atoms with Crippen molar-refractivity contribution in [3.8, 4) is 0 Å². The van der Waals surface area contributed by atoms with Crippen molar-refractivity contribution in [1.82, 2.24) is 4.90 Å². The summed E-state index contributed by atoms with van der Waals surface area (Å²) in [7, 11) is 1.43. The molecule has 0 spiro atoms. The van der Waals surface area contributed by atoms with Gasteiger partial charge < -0.3 is 9.64 Å². The second-order valence-electron chi connectivity index (χ2n) is 2.52. The molecule has 0 aliphatic carbocycles. The third-order valence-electron chi connectivity index (χ3n) is 1.81. The van der Waals surface area contributed by atoms with Gasteiger partial charge in [-0.1, -0.05) is 0 Å². The first-order valence-corrected chi connectivity index (χ1v) is 3.62. The van der Waals surface area contributed by atoms with Gasteiger partial charge >= 0.3 is 5.97 Å². The zero-order valence-corrected chi connectivity index (χ0v) is 6.30. The molecule has 10 heavy (non-hydrogen) atoms. The predicted molar refractivity (Wildman–Crippen MR) is 37.7 cm³/mol. The smallest absolute Gasteiger partial charge is 0.306 e. The van der Waals surface area contributed by atoms with Crippen LogP contribution < -0.4 is 0 Å². The van der Waals surface area contributed by atoms with Crippen LogP contribution in [0.3, 0.4) is 0 Å². The van der Waals surface area contributed by atoms with E-state index in [1.165, 1.54) is 13.5 Å². The lowest BCUT2D eigenvalue weighted by molar-refractivity contribution is -0.141. The van der Waals surface area contributed by atoms with Crippen molar-refractivity contribution < 1.29 is 9.53 Å². The van der Waals surface area contributed by atoms with Crippen LogP contribution in [-0.2, 0) is 9.53 Å². The van der Waals surface area contributed by atoms with Gasteiger partial charge in [0.25, 0.3) is 0 Å². The second-order valence-corrected chi connectivity index (χ2v) is 2.52. The summed E-state index contributed by atoms with van der Waals surface area (Å²) in [5.41, 5.74) is 0. The molecule has 58 valence electrons. The Labute approximate surface area is 61.0 Å². The molecule has 0 saturated carbocycles. The van der Waals surface area contributed by atoms with E-state index in [1.807, 2.05) is 0 Å². The summed E-state index contributed by atoms with van der Waals surface area (Å²) in [6.45, 7) is 3.17. The van der Waals surface area contributed by atoms with Gasteiger partial charge in [0.05, 0.1) is 13.5 Å². The van der Waals surface area contributed by atoms with Crippen LogP contribution in [-0.4, -0.2) is 37.6 Å². The summed E-state index contributed by atoms with van der Waals surface area (Å²) < 4.78 is 4.50. The summed E-state index contributed by atoms with van der Waals surface area (Å²) in [6.07, 6.45) is 1.82. The van der Waals surface area contributed by atoms with Crippen molar-refractivity contribution >= 4 is 5.97 Å². The lowest BCUT2D eigenvalue weighted by Gasteiger charge is -2.29. The Bertz CT molecular complexity index is 121. The van der Waals surface area contributed by atoms with Gasteiger partial charge in [0.15, 0.2) is 0 Å². The molecule has 3 nitrogen and oxygen atoms in total. The molecule has 1 heterocycles. The lowest BCUT2D eigenvalue weighted by atomic mass is 10.2. The Morgan fingerprint density at radius 3 is 2.70 bits per heavy atom. The van der Waals surface area contributed by atoms with E-state index in [0.29, 0.717) is 6.42 Å². The van der Waals surface area contributed by atoms with Crippen LogP contribution in [0.5, 0.6) is 0 Å². The molecule has 1 aliphatic rings. The monoisotopic (exact) mass is 143 g/mol. The minimum atomic E-state index is -0.105. The standard InChI is InChI=1S/C7H13NO2/c1-10-7(9)3-6-8-4-2-5-8/h2-6H2,1H3. The highest BCUT2D eigenvalue weighted by molar-refractivity contribution is 5.69. The van der Waals surface area contributed by atoms with E-state index in [2.05, 4.69) is 9.64 Å². The first-order chi connectivity index (χ1) is 4.83. The number of likely N-dealkylation sites (tertiary alicyclic amines) is 1. The highest BCUT2D eigenvalue weighted by Crippen LogP contribution is 2.05.